The van der Waals surface area contributed by atoms with E-state index in [0.29, 0.717) is 16.8 Å². The molecule has 1 unspecified atom stereocenters. The van der Waals surface area contributed by atoms with Crippen LogP contribution in [0.15, 0.2) is 18.2 Å². The Hall–Kier alpha value is -0.800. The van der Waals surface area contributed by atoms with E-state index in [0.717, 1.165) is 19.5 Å². The Morgan fingerprint density at radius 3 is 2.82 bits per heavy atom. The summed E-state index contributed by atoms with van der Waals surface area (Å²) in [5.41, 5.74) is 0.435. The van der Waals surface area contributed by atoms with Gasteiger partial charge in [-0.2, -0.15) is 0 Å². The van der Waals surface area contributed by atoms with Crippen LogP contribution in [0.1, 0.15) is 20.3 Å². The monoisotopic (exact) mass is 256 g/mol. The van der Waals surface area contributed by atoms with Crippen molar-refractivity contribution in [2.24, 2.45) is 0 Å². The number of para-hydroxylation sites is 1. The van der Waals surface area contributed by atoms with Gasteiger partial charge in [0.1, 0.15) is 5.82 Å². The molecule has 0 bridgehead atoms. The van der Waals surface area contributed by atoms with Gasteiger partial charge in [-0.25, -0.2) is 4.39 Å². The molecule has 0 radical (unpaired) electrons. The van der Waals surface area contributed by atoms with Crippen molar-refractivity contribution in [2.75, 3.05) is 18.4 Å². The smallest absolute Gasteiger partial charge is 0.147 e. The number of hydrogen-bond donors (Lipinski definition) is 1. The number of benzene rings is 1. The van der Waals surface area contributed by atoms with Crippen LogP contribution in [0.25, 0.3) is 0 Å². The van der Waals surface area contributed by atoms with Crippen molar-refractivity contribution in [1.29, 1.82) is 0 Å². The van der Waals surface area contributed by atoms with Gasteiger partial charge in [-0.3, -0.25) is 4.90 Å². The highest BCUT2D eigenvalue weighted by Gasteiger charge is 2.25. The van der Waals surface area contributed by atoms with E-state index >= 15 is 0 Å². The molecule has 2 nitrogen and oxygen atoms in total. The summed E-state index contributed by atoms with van der Waals surface area (Å²) in [7, 11) is 0. The molecule has 1 aliphatic rings. The number of halogens is 2. The molecule has 0 aromatic heterocycles. The minimum atomic E-state index is -0.277. The summed E-state index contributed by atoms with van der Waals surface area (Å²) in [6.45, 7) is 6.36. The van der Waals surface area contributed by atoms with E-state index in [1.165, 1.54) is 6.07 Å². The van der Waals surface area contributed by atoms with Crippen molar-refractivity contribution in [3.05, 3.63) is 29.0 Å². The van der Waals surface area contributed by atoms with Crippen LogP contribution in [-0.4, -0.2) is 30.1 Å². The summed E-state index contributed by atoms with van der Waals surface area (Å²) in [6, 6.07) is 5.59. The average Bonchev–Trinajstić information content (AvgIpc) is 2.72. The molecule has 0 aliphatic carbocycles. The zero-order valence-corrected chi connectivity index (χ0v) is 11.0. The van der Waals surface area contributed by atoms with Crippen LogP contribution >= 0.6 is 11.6 Å². The fourth-order valence-corrected chi connectivity index (χ4v) is 2.43. The average molecular weight is 257 g/mol. The molecule has 2 rings (SSSR count). The summed E-state index contributed by atoms with van der Waals surface area (Å²) >= 11 is 5.99. The first-order valence-electron chi connectivity index (χ1n) is 6.02. The van der Waals surface area contributed by atoms with Crippen LogP contribution in [0.3, 0.4) is 0 Å². The summed E-state index contributed by atoms with van der Waals surface area (Å²) in [5, 5.41) is 3.67. The van der Waals surface area contributed by atoms with Gasteiger partial charge in [0.05, 0.1) is 10.7 Å². The second-order valence-corrected chi connectivity index (χ2v) is 5.22. The third-order valence-electron chi connectivity index (χ3n) is 3.26. The summed E-state index contributed by atoms with van der Waals surface area (Å²) < 4.78 is 13.6. The molecule has 4 heteroatoms. The molecule has 0 amide bonds. The molecular weight excluding hydrogens is 239 g/mol. The lowest BCUT2D eigenvalue weighted by Gasteiger charge is -2.21. The molecule has 1 atom stereocenters. The van der Waals surface area contributed by atoms with E-state index < -0.39 is 0 Å². The van der Waals surface area contributed by atoms with Crippen molar-refractivity contribution < 1.29 is 4.39 Å². The molecule has 1 aromatic carbocycles. The van der Waals surface area contributed by atoms with Crippen LogP contribution in [0.5, 0.6) is 0 Å². The maximum Gasteiger partial charge on any atom is 0.147 e. The van der Waals surface area contributed by atoms with E-state index in [1.807, 2.05) is 0 Å². The zero-order chi connectivity index (χ0) is 12.4. The van der Waals surface area contributed by atoms with Crippen LogP contribution in [0, 0.1) is 5.82 Å². The molecule has 1 aliphatic heterocycles. The highest BCUT2D eigenvalue weighted by Crippen LogP contribution is 2.27. The minimum absolute atomic E-state index is 0.277. The largest absolute Gasteiger partial charge is 0.377 e. The van der Waals surface area contributed by atoms with Crippen molar-refractivity contribution in [3.63, 3.8) is 0 Å². The molecule has 1 saturated heterocycles. The van der Waals surface area contributed by atoms with E-state index in [9.17, 15) is 4.39 Å². The lowest BCUT2D eigenvalue weighted by atomic mass is 10.2. The Balaban J connectivity index is 2.03. The first-order valence-corrected chi connectivity index (χ1v) is 6.40. The lowest BCUT2D eigenvalue weighted by Crippen LogP contribution is -2.31. The Morgan fingerprint density at radius 1 is 1.47 bits per heavy atom. The molecule has 94 valence electrons. The van der Waals surface area contributed by atoms with E-state index in [4.69, 9.17) is 11.6 Å². The minimum Gasteiger partial charge on any atom is -0.377 e. The van der Waals surface area contributed by atoms with Gasteiger partial charge in [-0.1, -0.05) is 17.7 Å². The van der Waals surface area contributed by atoms with Crippen LogP contribution < -0.4 is 5.32 Å². The predicted molar refractivity (Wildman–Crippen MR) is 70.1 cm³/mol. The van der Waals surface area contributed by atoms with Gasteiger partial charge in [0.15, 0.2) is 0 Å². The second kappa shape index (κ2) is 5.23. The molecule has 1 heterocycles. The Kier molecular flexibility index (Phi) is 3.89. The second-order valence-electron chi connectivity index (χ2n) is 4.82. The standard InChI is InChI=1S/C13H18ClFN2/c1-9(2)17-7-6-10(8-17)16-13-11(14)4-3-5-12(13)15/h3-5,9-10,16H,6-8H2,1-2H3. The molecule has 1 aromatic rings. The normalized spacial score (nSPS) is 21.1. The topological polar surface area (TPSA) is 15.3 Å². The maximum absolute atomic E-state index is 13.6. The number of rotatable bonds is 3. The maximum atomic E-state index is 13.6. The van der Waals surface area contributed by atoms with E-state index in [-0.39, 0.29) is 11.9 Å². The van der Waals surface area contributed by atoms with Crippen LogP contribution in [-0.2, 0) is 0 Å². The Bertz CT molecular complexity index is 375. The number of nitrogens with one attached hydrogen (secondary N) is 1. The van der Waals surface area contributed by atoms with Gasteiger partial charge in [-0.05, 0) is 32.4 Å². The SMILES string of the molecule is CC(C)N1CCC(Nc2c(F)cccc2Cl)C1. The van der Waals surface area contributed by atoms with Gasteiger partial charge in [0, 0.05) is 25.2 Å². The van der Waals surface area contributed by atoms with E-state index in [1.54, 1.807) is 12.1 Å². The molecule has 17 heavy (non-hydrogen) atoms. The number of likely N-dealkylation sites (tertiary alicyclic amines) is 1. The number of hydrogen-bond acceptors (Lipinski definition) is 2. The summed E-state index contributed by atoms with van der Waals surface area (Å²) in [6.07, 6.45) is 1.03. The van der Waals surface area contributed by atoms with Gasteiger partial charge < -0.3 is 5.32 Å². The van der Waals surface area contributed by atoms with Crippen LogP contribution in [0.4, 0.5) is 10.1 Å². The molecule has 0 spiro atoms. The molecule has 1 N–H and O–H groups in total. The summed E-state index contributed by atoms with van der Waals surface area (Å²) in [4.78, 5) is 2.38. The highest BCUT2D eigenvalue weighted by molar-refractivity contribution is 6.33. The molecular formula is C13H18ClFN2. The lowest BCUT2D eigenvalue weighted by molar-refractivity contribution is 0.274. The summed E-state index contributed by atoms with van der Waals surface area (Å²) in [5.74, 6) is -0.277. The van der Waals surface area contributed by atoms with Crippen molar-refractivity contribution in [3.8, 4) is 0 Å². The molecule has 1 fully saturated rings. The van der Waals surface area contributed by atoms with Gasteiger partial charge in [0.2, 0.25) is 0 Å². The number of nitrogens with zero attached hydrogens (tertiary/aromatic N) is 1. The third-order valence-corrected chi connectivity index (χ3v) is 3.58. The van der Waals surface area contributed by atoms with Gasteiger partial charge in [-0.15, -0.1) is 0 Å². The van der Waals surface area contributed by atoms with Gasteiger partial charge >= 0.3 is 0 Å². The Morgan fingerprint density at radius 2 is 2.24 bits per heavy atom. The first kappa shape index (κ1) is 12.7. The Labute approximate surface area is 107 Å². The third kappa shape index (κ3) is 2.90. The zero-order valence-electron chi connectivity index (χ0n) is 10.2. The van der Waals surface area contributed by atoms with Crippen molar-refractivity contribution in [2.45, 2.75) is 32.4 Å². The van der Waals surface area contributed by atoms with Crippen molar-refractivity contribution >= 4 is 17.3 Å². The fraction of sp³-hybridized carbons (Fsp3) is 0.538. The van der Waals surface area contributed by atoms with Gasteiger partial charge in [0.25, 0.3) is 0 Å². The number of anilines is 1. The fourth-order valence-electron chi connectivity index (χ4n) is 2.21. The highest BCUT2D eigenvalue weighted by atomic mass is 35.5. The van der Waals surface area contributed by atoms with Crippen LogP contribution in [0.2, 0.25) is 5.02 Å². The first-order chi connectivity index (χ1) is 8.08. The van der Waals surface area contributed by atoms with E-state index in [2.05, 4.69) is 24.1 Å². The van der Waals surface area contributed by atoms with Crippen molar-refractivity contribution in [1.82, 2.24) is 4.90 Å². The predicted octanol–water partition coefficient (Wildman–Crippen LogP) is 3.37. The molecule has 0 saturated carbocycles. The quantitative estimate of drug-likeness (QED) is 0.892.